The van der Waals surface area contributed by atoms with Crippen molar-refractivity contribution in [1.82, 2.24) is 4.31 Å². The molecule has 2 aliphatic heterocycles. The van der Waals surface area contributed by atoms with Crippen molar-refractivity contribution < 1.29 is 13.2 Å². The van der Waals surface area contributed by atoms with Crippen molar-refractivity contribution in [2.45, 2.75) is 11.8 Å². The normalized spacial score (nSPS) is 17.2. The number of anilines is 2. The molecule has 7 heteroatoms. The Kier molecular flexibility index (Phi) is 4.52. The van der Waals surface area contributed by atoms with Crippen molar-refractivity contribution in [3.05, 3.63) is 66.2 Å². The number of hydrogen-bond acceptors (Lipinski definition) is 4. The standard InChI is InChI=1S/C23H23N3O3S/c1-2-26-20-11-12-21(18-9-6-10-19(22(18)20)23(26)27)30(28,29)25-15-13-24(14-16-25)17-7-4-3-5-8-17/h3-12H,2,13-16H2,1H3. The van der Waals surface area contributed by atoms with E-state index in [0.29, 0.717) is 43.7 Å². The molecule has 154 valence electrons. The molecule has 0 atom stereocenters. The van der Waals surface area contributed by atoms with Gasteiger partial charge in [-0.15, -0.1) is 0 Å². The van der Waals surface area contributed by atoms with Crippen LogP contribution in [0.15, 0.2) is 65.6 Å². The molecular formula is C23H23N3O3S. The van der Waals surface area contributed by atoms with Crippen LogP contribution >= 0.6 is 0 Å². The highest BCUT2D eigenvalue weighted by molar-refractivity contribution is 7.89. The zero-order chi connectivity index (χ0) is 20.9. The zero-order valence-corrected chi connectivity index (χ0v) is 17.6. The van der Waals surface area contributed by atoms with E-state index in [1.165, 1.54) is 0 Å². The fraction of sp³-hybridized carbons (Fsp3) is 0.261. The summed E-state index contributed by atoms with van der Waals surface area (Å²) < 4.78 is 28.6. The number of carbonyl (C=O) groups excluding carboxylic acids is 1. The van der Waals surface area contributed by atoms with Crippen LogP contribution in [-0.2, 0) is 10.0 Å². The molecule has 0 bridgehead atoms. The Labute approximate surface area is 176 Å². The van der Waals surface area contributed by atoms with E-state index in [1.807, 2.05) is 43.3 Å². The zero-order valence-electron chi connectivity index (χ0n) is 16.8. The van der Waals surface area contributed by atoms with Crippen LogP contribution in [0.4, 0.5) is 11.4 Å². The molecule has 1 saturated heterocycles. The van der Waals surface area contributed by atoms with Gasteiger partial charge >= 0.3 is 0 Å². The molecule has 3 aromatic rings. The second-order valence-corrected chi connectivity index (χ2v) is 9.49. The molecule has 0 spiro atoms. The molecule has 1 fully saturated rings. The fourth-order valence-corrected chi connectivity index (χ4v) is 6.13. The van der Waals surface area contributed by atoms with Gasteiger partial charge in [-0.05, 0) is 37.3 Å². The van der Waals surface area contributed by atoms with Gasteiger partial charge in [0.2, 0.25) is 10.0 Å². The number of rotatable bonds is 4. The number of nitrogens with zero attached hydrogens (tertiary/aromatic N) is 3. The SMILES string of the molecule is CCN1C(=O)c2cccc3c(S(=O)(=O)N4CCN(c5ccccc5)CC4)ccc1c23. The molecule has 3 aromatic carbocycles. The Bertz CT molecular complexity index is 1230. The van der Waals surface area contributed by atoms with Gasteiger partial charge in [-0.1, -0.05) is 30.3 Å². The Morgan fingerprint density at radius 1 is 0.867 bits per heavy atom. The monoisotopic (exact) mass is 421 g/mol. The Morgan fingerprint density at radius 2 is 1.60 bits per heavy atom. The molecule has 0 aromatic heterocycles. The molecule has 0 saturated carbocycles. The molecule has 6 nitrogen and oxygen atoms in total. The van der Waals surface area contributed by atoms with Crippen LogP contribution in [0, 0.1) is 0 Å². The van der Waals surface area contributed by atoms with Gasteiger partial charge in [0.15, 0.2) is 0 Å². The van der Waals surface area contributed by atoms with Crippen molar-refractivity contribution in [3.8, 4) is 0 Å². The third-order valence-corrected chi connectivity index (χ3v) is 8.00. The Hall–Kier alpha value is -2.90. The van der Waals surface area contributed by atoms with Crippen LogP contribution in [0.2, 0.25) is 0 Å². The second kappa shape index (κ2) is 7.11. The fourth-order valence-electron chi connectivity index (χ4n) is 4.52. The highest BCUT2D eigenvalue weighted by atomic mass is 32.2. The van der Waals surface area contributed by atoms with Crippen LogP contribution in [0.1, 0.15) is 17.3 Å². The molecule has 2 heterocycles. The predicted molar refractivity (Wildman–Crippen MR) is 119 cm³/mol. The molecular weight excluding hydrogens is 398 g/mol. The van der Waals surface area contributed by atoms with Crippen molar-refractivity contribution in [1.29, 1.82) is 0 Å². The largest absolute Gasteiger partial charge is 0.369 e. The minimum absolute atomic E-state index is 0.0656. The summed E-state index contributed by atoms with van der Waals surface area (Å²) in [5.74, 6) is -0.0656. The van der Waals surface area contributed by atoms with Gasteiger partial charge in [0.05, 0.1) is 10.6 Å². The van der Waals surface area contributed by atoms with Gasteiger partial charge in [0.1, 0.15) is 0 Å². The van der Waals surface area contributed by atoms with Gasteiger partial charge in [-0.2, -0.15) is 4.31 Å². The van der Waals surface area contributed by atoms with E-state index in [4.69, 9.17) is 0 Å². The maximum Gasteiger partial charge on any atom is 0.258 e. The number of benzene rings is 3. The topological polar surface area (TPSA) is 60.9 Å². The summed E-state index contributed by atoms with van der Waals surface area (Å²) in [6, 6.07) is 18.8. The quantitative estimate of drug-likeness (QED) is 0.648. The van der Waals surface area contributed by atoms with Crippen molar-refractivity contribution >= 4 is 38.1 Å². The van der Waals surface area contributed by atoms with Crippen molar-refractivity contribution in [2.24, 2.45) is 0 Å². The average Bonchev–Trinajstić information content (AvgIpc) is 3.07. The molecule has 1 amide bonds. The molecule has 0 N–H and O–H groups in total. The lowest BCUT2D eigenvalue weighted by Gasteiger charge is -2.35. The number of para-hydroxylation sites is 1. The summed E-state index contributed by atoms with van der Waals surface area (Å²) >= 11 is 0. The lowest BCUT2D eigenvalue weighted by molar-refractivity contribution is 0.0994. The van der Waals surface area contributed by atoms with Crippen LogP contribution in [0.5, 0.6) is 0 Å². The maximum absolute atomic E-state index is 13.5. The number of piperazine rings is 1. The summed E-state index contributed by atoms with van der Waals surface area (Å²) in [6.07, 6.45) is 0. The Balaban J connectivity index is 1.49. The second-order valence-electron chi connectivity index (χ2n) is 7.59. The minimum atomic E-state index is -3.66. The summed E-state index contributed by atoms with van der Waals surface area (Å²) in [7, 11) is -3.66. The lowest BCUT2D eigenvalue weighted by Crippen LogP contribution is -2.48. The number of hydrogen-bond donors (Lipinski definition) is 0. The first kappa shape index (κ1) is 19.1. The molecule has 30 heavy (non-hydrogen) atoms. The van der Waals surface area contributed by atoms with Gasteiger partial charge in [0, 0.05) is 54.7 Å². The molecule has 2 aliphatic rings. The number of sulfonamides is 1. The highest BCUT2D eigenvalue weighted by Gasteiger charge is 2.34. The van der Waals surface area contributed by atoms with Crippen LogP contribution in [0.25, 0.3) is 10.8 Å². The summed E-state index contributed by atoms with van der Waals surface area (Å²) in [4.78, 5) is 16.9. The predicted octanol–water partition coefficient (Wildman–Crippen LogP) is 3.33. The van der Waals surface area contributed by atoms with E-state index in [2.05, 4.69) is 4.90 Å². The maximum atomic E-state index is 13.5. The minimum Gasteiger partial charge on any atom is -0.369 e. The van der Waals surface area contributed by atoms with E-state index in [1.54, 1.807) is 33.5 Å². The van der Waals surface area contributed by atoms with Crippen molar-refractivity contribution in [2.75, 3.05) is 42.5 Å². The van der Waals surface area contributed by atoms with Gasteiger partial charge in [-0.25, -0.2) is 8.42 Å². The molecule has 0 aliphatic carbocycles. The third-order valence-electron chi connectivity index (χ3n) is 6.04. The summed E-state index contributed by atoms with van der Waals surface area (Å²) in [6.45, 7) is 4.63. The highest BCUT2D eigenvalue weighted by Crippen LogP contribution is 2.40. The first-order valence-corrected chi connectivity index (χ1v) is 11.6. The molecule has 0 radical (unpaired) electrons. The molecule has 5 rings (SSSR count). The van der Waals surface area contributed by atoms with E-state index < -0.39 is 10.0 Å². The Morgan fingerprint density at radius 3 is 2.30 bits per heavy atom. The average molecular weight is 422 g/mol. The van der Waals surface area contributed by atoms with E-state index in [0.717, 1.165) is 16.8 Å². The van der Waals surface area contributed by atoms with Gasteiger partial charge in [0.25, 0.3) is 5.91 Å². The first-order chi connectivity index (χ1) is 14.5. The van der Waals surface area contributed by atoms with E-state index >= 15 is 0 Å². The van der Waals surface area contributed by atoms with Gasteiger partial charge < -0.3 is 9.80 Å². The van der Waals surface area contributed by atoms with Crippen molar-refractivity contribution in [3.63, 3.8) is 0 Å². The summed E-state index contributed by atoms with van der Waals surface area (Å²) in [5.41, 5.74) is 2.48. The number of carbonyl (C=O) groups is 1. The van der Waals surface area contributed by atoms with E-state index in [-0.39, 0.29) is 10.8 Å². The van der Waals surface area contributed by atoms with Crippen LogP contribution in [-0.4, -0.2) is 51.4 Å². The lowest BCUT2D eigenvalue weighted by atomic mass is 10.1. The first-order valence-electron chi connectivity index (χ1n) is 10.2. The number of amides is 1. The van der Waals surface area contributed by atoms with Crippen LogP contribution < -0.4 is 9.80 Å². The smallest absolute Gasteiger partial charge is 0.258 e. The van der Waals surface area contributed by atoms with Gasteiger partial charge in [-0.3, -0.25) is 4.79 Å². The third kappa shape index (κ3) is 2.80. The summed E-state index contributed by atoms with van der Waals surface area (Å²) in [5, 5.41) is 1.37. The van der Waals surface area contributed by atoms with E-state index in [9.17, 15) is 13.2 Å². The molecule has 0 unspecified atom stereocenters. The van der Waals surface area contributed by atoms with Crippen LogP contribution in [0.3, 0.4) is 0 Å².